The summed E-state index contributed by atoms with van der Waals surface area (Å²) in [6.07, 6.45) is 0. The highest BCUT2D eigenvalue weighted by Crippen LogP contribution is 2.19. The molecule has 0 aliphatic rings. The van der Waals surface area contributed by atoms with Gasteiger partial charge in [-0.3, -0.25) is 25.0 Å². The first kappa shape index (κ1) is 19.1. The molecule has 0 aliphatic heterocycles. The molecule has 8 heteroatoms. The van der Waals surface area contributed by atoms with E-state index >= 15 is 0 Å². The lowest BCUT2D eigenvalue weighted by atomic mass is 10.1. The third-order valence-electron chi connectivity index (χ3n) is 4.43. The highest BCUT2D eigenvalue weighted by molar-refractivity contribution is 5.99. The molecule has 0 bridgehead atoms. The predicted molar refractivity (Wildman–Crippen MR) is 107 cm³/mol. The summed E-state index contributed by atoms with van der Waals surface area (Å²) < 4.78 is 6.69. The number of methoxy groups -OCH3 is 1. The number of nitro benzene ring substituents is 1. The van der Waals surface area contributed by atoms with Gasteiger partial charge in [0.15, 0.2) is 0 Å². The van der Waals surface area contributed by atoms with E-state index in [1.165, 1.54) is 28.9 Å². The number of hydrogen-bond acceptors (Lipinski definition) is 5. The Morgan fingerprint density at radius 3 is 2.54 bits per heavy atom. The molecule has 2 aromatic carbocycles. The normalized spacial score (nSPS) is 11.5. The fourth-order valence-electron chi connectivity index (χ4n) is 2.99. The van der Waals surface area contributed by atoms with Crippen LogP contribution in [-0.2, 0) is 6.54 Å². The van der Waals surface area contributed by atoms with Crippen molar-refractivity contribution < 1.29 is 9.66 Å². The van der Waals surface area contributed by atoms with Crippen LogP contribution in [0.4, 0.5) is 5.69 Å². The fourth-order valence-corrected chi connectivity index (χ4v) is 2.99. The van der Waals surface area contributed by atoms with Crippen LogP contribution in [-0.4, -0.2) is 27.5 Å². The maximum Gasteiger partial charge on any atom is 0.280 e. The van der Waals surface area contributed by atoms with Gasteiger partial charge in [-0.2, -0.15) is 0 Å². The van der Waals surface area contributed by atoms with Crippen molar-refractivity contribution in [3.05, 3.63) is 85.8 Å². The number of nitrogens with one attached hydrogen (secondary N) is 1. The molecule has 0 spiro atoms. The van der Waals surface area contributed by atoms with Crippen molar-refractivity contribution in [3.63, 3.8) is 0 Å². The van der Waals surface area contributed by atoms with Crippen molar-refractivity contribution in [3.8, 4) is 11.4 Å². The summed E-state index contributed by atoms with van der Waals surface area (Å²) >= 11 is 0. The molecular formula is C20H20N4O4. The summed E-state index contributed by atoms with van der Waals surface area (Å²) in [5, 5.41) is 13.8. The third kappa shape index (κ3) is 3.71. The van der Waals surface area contributed by atoms with E-state index in [1.807, 2.05) is 24.3 Å². The second-order valence-corrected chi connectivity index (χ2v) is 6.24. The van der Waals surface area contributed by atoms with Crippen LogP contribution in [0, 0.1) is 17.0 Å². The Bertz CT molecular complexity index is 1090. The Hall–Kier alpha value is -3.68. The Balaban J connectivity index is 1.92. The monoisotopic (exact) mass is 380 g/mol. The van der Waals surface area contributed by atoms with Gasteiger partial charge in [0, 0.05) is 29.1 Å². The van der Waals surface area contributed by atoms with Crippen molar-refractivity contribution in [1.82, 2.24) is 9.78 Å². The van der Waals surface area contributed by atoms with Gasteiger partial charge in [0.2, 0.25) is 0 Å². The van der Waals surface area contributed by atoms with E-state index in [2.05, 4.69) is 10.1 Å². The van der Waals surface area contributed by atoms with E-state index < -0.39 is 4.92 Å². The number of aliphatic imine (C=N–C) groups is 1. The summed E-state index contributed by atoms with van der Waals surface area (Å²) in [5.74, 6) is 0.744. The lowest BCUT2D eigenvalue weighted by Gasteiger charge is -2.06. The van der Waals surface area contributed by atoms with Crippen molar-refractivity contribution in [1.29, 1.82) is 0 Å². The highest BCUT2D eigenvalue weighted by Gasteiger charge is 2.16. The molecule has 1 N–H and O–H groups in total. The van der Waals surface area contributed by atoms with Gasteiger partial charge in [-0.05, 0) is 32.0 Å². The number of aryl methyl sites for hydroxylation is 1. The molecule has 0 unspecified atom stereocenters. The number of aromatic nitrogens is 2. The molecule has 0 atom stereocenters. The highest BCUT2D eigenvalue weighted by atomic mass is 16.6. The number of para-hydroxylation sites is 1. The van der Waals surface area contributed by atoms with Gasteiger partial charge in [-0.15, -0.1) is 0 Å². The predicted octanol–water partition coefficient (Wildman–Crippen LogP) is 3.40. The van der Waals surface area contributed by atoms with E-state index in [-0.39, 0.29) is 11.2 Å². The topological polar surface area (TPSA) is 103 Å². The number of benzene rings is 2. The number of rotatable bonds is 6. The first-order valence-electron chi connectivity index (χ1n) is 8.62. The lowest BCUT2D eigenvalue weighted by Crippen LogP contribution is -2.19. The van der Waals surface area contributed by atoms with Gasteiger partial charge in [0.1, 0.15) is 5.75 Å². The summed E-state index contributed by atoms with van der Waals surface area (Å²) in [5.41, 5.74) is 2.90. The number of H-pyrrole nitrogens is 1. The zero-order valence-electron chi connectivity index (χ0n) is 15.8. The van der Waals surface area contributed by atoms with Crippen LogP contribution < -0.4 is 10.3 Å². The molecular weight excluding hydrogens is 360 g/mol. The van der Waals surface area contributed by atoms with Gasteiger partial charge in [0.05, 0.1) is 29.8 Å². The molecule has 0 fully saturated rings. The van der Waals surface area contributed by atoms with Crippen molar-refractivity contribution in [2.45, 2.75) is 20.4 Å². The van der Waals surface area contributed by atoms with Crippen LogP contribution in [0.5, 0.6) is 5.75 Å². The number of nitro groups is 1. The minimum absolute atomic E-state index is 0.0325. The van der Waals surface area contributed by atoms with E-state index in [4.69, 9.17) is 4.74 Å². The van der Waals surface area contributed by atoms with E-state index in [0.29, 0.717) is 29.2 Å². The molecule has 0 aliphatic carbocycles. The Morgan fingerprint density at radius 2 is 1.89 bits per heavy atom. The van der Waals surface area contributed by atoms with E-state index in [9.17, 15) is 14.9 Å². The molecule has 0 saturated carbocycles. The average Bonchev–Trinajstić information content (AvgIpc) is 3.00. The minimum atomic E-state index is -0.480. The van der Waals surface area contributed by atoms with Crippen molar-refractivity contribution in [2.75, 3.05) is 7.11 Å². The summed E-state index contributed by atoms with van der Waals surface area (Å²) in [4.78, 5) is 27.8. The summed E-state index contributed by atoms with van der Waals surface area (Å²) in [6, 6.07) is 13.4. The minimum Gasteiger partial charge on any atom is -0.496 e. The quantitative estimate of drug-likeness (QED) is 0.402. The second-order valence-electron chi connectivity index (χ2n) is 6.24. The number of non-ortho nitro benzene ring substituents is 1. The Morgan fingerprint density at radius 1 is 1.21 bits per heavy atom. The number of aromatic amines is 1. The smallest absolute Gasteiger partial charge is 0.280 e. The number of ether oxygens (including phenoxy) is 1. The van der Waals surface area contributed by atoms with Gasteiger partial charge < -0.3 is 4.74 Å². The maximum absolute atomic E-state index is 12.9. The first-order valence-corrected chi connectivity index (χ1v) is 8.62. The molecule has 3 aromatic rings. The van der Waals surface area contributed by atoms with Gasteiger partial charge in [0.25, 0.3) is 11.2 Å². The molecule has 1 aromatic heterocycles. The van der Waals surface area contributed by atoms with E-state index in [1.54, 1.807) is 21.0 Å². The van der Waals surface area contributed by atoms with Crippen LogP contribution in [0.3, 0.4) is 0 Å². The lowest BCUT2D eigenvalue weighted by molar-refractivity contribution is -0.384. The molecule has 144 valence electrons. The van der Waals surface area contributed by atoms with Crippen LogP contribution >= 0.6 is 0 Å². The first-order chi connectivity index (χ1) is 13.4. The standard InChI is InChI=1S/C20H20N4O4/c1-13(21-12-15-6-4-5-7-18(15)28-3)19-14(2)22-23(20(19)25)16-8-10-17(11-9-16)24(26)27/h4-11,22H,12H2,1-3H3. The average molecular weight is 380 g/mol. The third-order valence-corrected chi connectivity index (χ3v) is 4.43. The van der Waals surface area contributed by atoms with Gasteiger partial charge in [-0.25, -0.2) is 4.68 Å². The number of hydrogen-bond donors (Lipinski definition) is 1. The van der Waals surface area contributed by atoms with Crippen molar-refractivity contribution in [2.24, 2.45) is 4.99 Å². The SMILES string of the molecule is COc1ccccc1CN=C(C)c1c(C)[nH]n(-c2ccc([N+](=O)[O-])cc2)c1=O. The molecule has 3 rings (SSSR count). The van der Waals surface area contributed by atoms with Gasteiger partial charge >= 0.3 is 0 Å². The molecule has 0 saturated heterocycles. The molecule has 1 heterocycles. The van der Waals surface area contributed by atoms with Crippen LogP contribution in [0.25, 0.3) is 5.69 Å². The van der Waals surface area contributed by atoms with E-state index in [0.717, 1.165) is 11.3 Å². The zero-order valence-corrected chi connectivity index (χ0v) is 15.8. The molecule has 8 nitrogen and oxygen atoms in total. The summed E-state index contributed by atoms with van der Waals surface area (Å²) in [6.45, 7) is 3.96. The van der Waals surface area contributed by atoms with Gasteiger partial charge in [-0.1, -0.05) is 18.2 Å². The Labute approximate surface area is 161 Å². The molecule has 0 radical (unpaired) electrons. The van der Waals surface area contributed by atoms with Crippen LogP contribution in [0.2, 0.25) is 0 Å². The maximum atomic E-state index is 12.9. The molecule has 0 amide bonds. The fraction of sp³-hybridized carbons (Fsp3) is 0.200. The summed E-state index contributed by atoms with van der Waals surface area (Å²) in [7, 11) is 1.61. The van der Waals surface area contributed by atoms with Crippen LogP contribution in [0.15, 0.2) is 58.3 Å². The largest absolute Gasteiger partial charge is 0.496 e. The number of nitrogens with zero attached hydrogens (tertiary/aromatic N) is 3. The van der Waals surface area contributed by atoms with Crippen molar-refractivity contribution >= 4 is 11.4 Å². The second kappa shape index (κ2) is 7.91. The van der Waals surface area contributed by atoms with Crippen LogP contribution in [0.1, 0.15) is 23.7 Å². The molecule has 28 heavy (non-hydrogen) atoms. The Kier molecular flexibility index (Phi) is 5.39. The zero-order chi connectivity index (χ0) is 20.3.